The van der Waals surface area contributed by atoms with Gasteiger partial charge in [0.05, 0.1) is 23.4 Å². The first-order chi connectivity index (χ1) is 16.6. The molecule has 1 atom stereocenters. The van der Waals surface area contributed by atoms with Crippen LogP contribution in [0.5, 0.6) is 0 Å². The maximum absolute atomic E-state index is 12.9. The molecule has 1 unspecified atom stereocenters. The normalized spacial score (nSPS) is 13.3. The van der Waals surface area contributed by atoms with Crippen molar-refractivity contribution in [3.63, 3.8) is 0 Å². The van der Waals surface area contributed by atoms with E-state index in [9.17, 15) is 17.8 Å². The number of ether oxygens (including phenoxy) is 1. The summed E-state index contributed by atoms with van der Waals surface area (Å²) in [4.78, 5) is 21.3. The monoisotopic (exact) mass is 518 g/mol. The summed E-state index contributed by atoms with van der Waals surface area (Å²) >= 11 is 0. The number of sulfonamides is 1. The first kappa shape index (κ1) is 26.7. The number of carbonyl (C=O) groups is 1. The Labute approximate surface area is 204 Å². The van der Waals surface area contributed by atoms with Gasteiger partial charge in [-0.25, -0.2) is 18.4 Å². The van der Waals surface area contributed by atoms with Gasteiger partial charge in [0.1, 0.15) is 12.0 Å². The summed E-state index contributed by atoms with van der Waals surface area (Å²) in [7, 11) is -6.62. The first-order valence-corrected chi connectivity index (χ1v) is 13.9. The molecule has 0 aliphatic heterocycles. The molecule has 0 radical (unpaired) electrons. The van der Waals surface area contributed by atoms with E-state index in [4.69, 9.17) is 15.0 Å². The van der Waals surface area contributed by atoms with Crippen molar-refractivity contribution in [3.05, 3.63) is 71.5 Å². The lowest BCUT2D eigenvalue weighted by atomic mass is 10.1. The summed E-state index contributed by atoms with van der Waals surface area (Å²) in [5, 5.41) is 0. The number of Topliss-reactive ketones (excluding diaryl/α,β-unsaturated/α-hetero) is 1. The maximum Gasteiger partial charge on any atom is 0.308 e. The Balaban J connectivity index is 1.77. The number of nitrogen functional groups attached to an aromatic ring is 1. The SMILES string of the molecule is CCOP(=O)(COC)NS(=O)(=O)c1ccc(CC(=O)c2nc(-c3ccc(C)cc3)cnc2N)cc1. The van der Waals surface area contributed by atoms with Crippen LogP contribution < -0.4 is 10.2 Å². The van der Waals surface area contributed by atoms with Crippen molar-refractivity contribution >= 4 is 29.1 Å². The van der Waals surface area contributed by atoms with Crippen LogP contribution in [-0.2, 0) is 30.3 Å². The third-order valence-corrected chi connectivity index (χ3v) is 9.15. The Kier molecular flexibility index (Phi) is 8.52. The zero-order chi connectivity index (χ0) is 25.6. The lowest BCUT2D eigenvalue weighted by molar-refractivity contribution is 0.0989. The molecule has 0 aliphatic rings. The smallest absolute Gasteiger partial charge is 0.308 e. The van der Waals surface area contributed by atoms with Crippen molar-refractivity contribution in [1.82, 2.24) is 14.5 Å². The van der Waals surface area contributed by atoms with Gasteiger partial charge in [-0.15, -0.1) is 4.49 Å². The van der Waals surface area contributed by atoms with Gasteiger partial charge in [-0.2, -0.15) is 0 Å². The lowest BCUT2D eigenvalue weighted by Gasteiger charge is -2.18. The Bertz CT molecular complexity index is 1340. The number of anilines is 1. The highest BCUT2D eigenvalue weighted by molar-refractivity contribution is 7.95. The van der Waals surface area contributed by atoms with E-state index in [1.54, 1.807) is 6.92 Å². The van der Waals surface area contributed by atoms with Gasteiger partial charge in [-0.05, 0) is 31.5 Å². The summed E-state index contributed by atoms with van der Waals surface area (Å²) in [5.74, 6) is -0.349. The largest absolute Gasteiger partial charge is 0.382 e. The number of nitrogens with one attached hydrogen (secondary N) is 1. The van der Waals surface area contributed by atoms with E-state index >= 15 is 0 Å². The quantitative estimate of drug-likeness (QED) is 0.287. The molecule has 0 fully saturated rings. The fourth-order valence-electron chi connectivity index (χ4n) is 3.23. The van der Waals surface area contributed by atoms with Gasteiger partial charge < -0.3 is 15.0 Å². The zero-order valence-corrected chi connectivity index (χ0v) is 21.3. The fourth-order valence-corrected chi connectivity index (χ4v) is 6.86. The maximum atomic E-state index is 12.9. The molecule has 1 aromatic heterocycles. The van der Waals surface area contributed by atoms with E-state index < -0.39 is 23.9 Å². The Morgan fingerprint density at radius 1 is 1.11 bits per heavy atom. The topological polar surface area (TPSA) is 151 Å². The number of benzene rings is 2. The molecule has 12 heteroatoms. The van der Waals surface area contributed by atoms with Crippen molar-refractivity contribution in [2.75, 3.05) is 25.8 Å². The molecule has 1 heterocycles. The second-order valence-electron chi connectivity index (χ2n) is 7.70. The second kappa shape index (κ2) is 11.2. The van der Waals surface area contributed by atoms with Crippen molar-refractivity contribution < 1.29 is 27.0 Å². The third kappa shape index (κ3) is 6.81. The summed E-state index contributed by atoms with van der Waals surface area (Å²) in [6, 6.07) is 13.2. The van der Waals surface area contributed by atoms with Crippen molar-refractivity contribution in [1.29, 1.82) is 0 Å². The number of aromatic nitrogens is 2. The molecule has 10 nitrogen and oxygen atoms in total. The second-order valence-corrected chi connectivity index (χ2v) is 11.8. The highest BCUT2D eigenvalue weighted by Gasteiger charge is 2.30. The molecule has 186 valence electrons. The van der Waals surface area contributed by atoms with Crippen LogP contribution >= 0.6 is 7.52 Å². The number of carbonyl (C=O) groups excluding carboxylic acids is 1. The van der Waals surface area contributed by atoms with Gasteiger partial charge in [-0.1, -0.05) is 42.0 Å². The van der Waals surface area contributed by atoms with Crippen LogP contribution in [0, 0.1) is 6.92 Å². The minimum Gasteiger partial charge on any atom is -0.382 e. The number of nitrogens with two attached hydrogens (primary N) is 1. The molecule has 35 heavy (non-hydrogen) atoms. The van der Waals surface area contributed by atoms with Crippen LogP contribution in [0.3, 0.4) is 0 Å². The number of hydrogen-bond donors (Lipinski definition) is 2. The van der Waals surface area contributed by atoms with Crippen molar-refractivity contribution in [3.8, 4) is 11.3 Å². The predicted molar refractivity (Wildman–Crippen MR) is 133 cm³/mol. The molecule has 3 rings (SSSR count). The number of aryl methyl sites for hydroxylation is 1. The van der Waals surface area contributed by atoms with Crippen LogP contribution in [-0.4, -0.2) is 44.2 Å². The van der Waals surface area contributed by atoms with Crippen LogP contribution in [0.15, 0.2) is 59.6 Å². The lowest BCUT2D eigenvalue weighted by Crippen LogP contribution is -2.24. The molecule has 3 N–H and O–H groups in total. The number of rotatable bonds is 11. The molecule has 0 aliphatic carbocycles. The van der Waals surface area contributed by atoms with Crippen molar-refractivity contribution in [2.24, 2.45) is 0 Å². The molecule has 2 aromatic carbocycles. The highest BCUT2D eigenvalue weighted by Crippen LogP contribution is 2.43. The summed E-state index contributed by atoms with van der Waals surface area (Å²) in [5.41, 5.74) is 8.90. The van der Waals surface area contributed by atoms with E-state index in [0.29, 0.717) is 11.3 Å². The molecular weight excluding hydrogens is 491 g/mol. The predicted octanol–water partition coefficient (Wildman–Crippen LogP) is 3.57. The number of nitrogens with zero attached hydrogens (tertiary/aromatic N) is 2. The Morgan fingerprint density at radius 2 is 1.77 bits per heavy atom. The van der Waals surface area contributed by atoms with E-state index in [1.807, 2.05) is 31.2 Å². The Morgan fingerprint density at radius 3 is 2.37 bits per heavy atom. The standard InChI is InChI=1S/C23H27N4O6PS/c1-4-33-34(29,15-32-3)27-35(30,31)19-11-7-17(8-12-19)13-21(28)22-23(24)25-14-20(26-22)18-9-5-16(2)6-10-18/h5-12,14H,4,13,15H2,1-3H3,(H2,24,25)(H,27,29). The van der Waals surface area contributed by atoms with E-state index in [2.05, 4.69) is 14.5 Å². The summed E-state index contributed by atoms with van der Waals surface area (Å²) in [6.07, 6.45) is 1.04. The van der Waals surface area contributed by atoms with Crippen LogP contribution in [0.2, 0.25) is 0 Å². The summed E-state index contributed by atoms with van der Waals surface area (Å²) in [6.45, 7) is 3.61. The molecular formula is C23H27N4O6PS. The van der Waals surface area contributed by atoms with Gasteiger partial charge in [0.2, 0.25) is 10.0 Å². The fraction of sp³-hybridized carbons (Fsp3) is 0.261. The minimum atomic E-state index is -4.15. The van der Waals surface area contributed by atoms with E-state index in [0.717, 1.165) is 11.1 Å². The molecule has 0 amide bonds. The molecule has 0 bridgehead atoms. The Hall–Kier alpha value is -2.95. The van der Waals surface area contributed by atoms with Gasteiger partial charge in [0, 0.05) is 19.1 Å². The first-order valence-electron chi connectivity index (χ1n) is 10.6. The average molecular weight is 519 g/mol. The van der Waals surface area contributed by atoms with Crippen molar-refractivity contribution in [2.45, 2.75) is 25.2 Å². The number of ketones is 1. The van der Waals surface area contributed by atoms with Gasteiger partial charge in [0.15, 0.2) is 11.6 Å². The van der Waals surface area contributed by atoms with E-state index in [1.165, 1.54) is 37.6 Å². The van der Waals surface area contributed by atoms with Crippen LogP contribution in [0.1, 0.15) is 28.5 Å². The van der Waals surface area contributed by atoms with Crippen LogP contribution in [0.4, 0.5) is 5.82 Å². The molecule has 0 saturated carbocycles. The molecule has 0 spiro atoms. The highest BCUT2D eigenvalue weighted by atomic mass is 32.2. The minimum absolute atomic E-state index is 0.0130. The molecule has 3 aromatic rings. The third-order valence-electron chi connectivity index (χ3n) is 4.91. The number of hydrogen-bond acceptors (Lipinski definition) is 9. The van der Waals surface area contributed by atoms with Gasteiger partial charge in [0.25, 0.3) is 0 Å². The zero-order valence-electron chi connectivity index (χ0n) is 19.6. The van der Waals surface area contributed by atoms with Gasteiger partial charge in [-0.3, -0.25) is 9.36 Å². The van der Waals surface area contributed by atoms with Gasteiger partial charge >= 0.3 is 7.52 Å². The van der Waals surface area contributed by atoms with E-state index in [-0.39, 0.29) is 35.2 Å². The average Bonchev–Trinajstić information content (AvgIpc) is 2.80. The summed E-state index contributed by atoms with van der Waals surface area (Å²) < 4.78 is 50.0. The molecule has 0 saturated heterocycles. The van der Waals surface area contributed by atoms with Crippen LogP contribution in [0.25, 0.3) is 11.3 Å². The number of methoxy groups -OCH3 is 1.